The smallest absolute Gasteiger partial charge is 0.136 e. The molecule has 0 saturated heterocycles. The Balaban J connectivity index is 2.80. The third-order valence-electron chi connectivity index (χ3n) is 2.95. The van der Waals surface area contributed by atoms with Gasteiger partial charge >= 0.3 is 0 Å². The lowest BCUT2D eigenvalue weighted by molar-refractivity contribution is 0.917. The molecule has 0 N–H and O–H groups in total. The summed E-state index contributed by atoms with van der Waals surface area (Å²) in [6.07, 6.45) is 0. The second-order valence-electron chi connectivity index (χ2n) is 4.23. The molecule has 0 aliphatic rings. The van der Waals surface area contributed by atoms with Crippen LogP contribution in [0.3, 0.4) is 0 Å². The molecule has 2 nitrogen and oxygen atoms in total. The zero-order chi connectivity index (χ0) is 11.9. The number of para-hydroxylation sites is 1. The Hall–Kier alpha value is -0.840. The molecule has 84 valence electrons. The molecule has 0 fully saturated rings. The molecule has 2 aromatic rings. The first-order valence-electron chi connectivity index (χ1n) is 5.27. The molecule has 16 heavy (non-hydrogen) atoms. The van der Waals surface area contributed by atoms with Crippen molar-refractivity contribution in [2.75, 3.05) is 0 Å². The maximum absolute atomic E-state index is 4.73. The van der Waals surface area contributed by atoms with Gasteiger partial charge < -0.3 is 4.57 Å². The maximum Gasteiger partial charge on any atom is 0.136 e. The van der Waals surface area contributed by atoms with E-state index in [2.05, 4.69) is 73.2 Å². The van der Waals surface area contributed by atoms with Gasteiger partial charge in [0.2, 0.25) is 0 Å². The Morgan fingerprint density at radius 2 is 1.94 bits per heavy atom. The molecule has 0 spiro atoms. The van der Waals surface area contributed by atoms with Crippen LogP contribution in [0.5, 0.6) is 0 Å². The van der Waals surface area contributed by atoms with E-state index in [1.54, 1.807) is 0 Å². The Bertz CT molecular complexity index is 575. The van der Waals surface area contributed by atoms with Crippen molar-refractivity contribution in [3.63, 3.8) is 0 Å². The maximum atomic E-state index is 4.73. The van der Waals surface area contributed by atoms with Crippen LogP contribution in [0.1, 0.15) is 26.6 Å². The van der Waals surface area contributed by atoms with E-state index in [0.29, 0.717) is 0 Å². The Labute approximate surface area is 110 Å². The van der Waals surface area contributed by atoms with E-state index in [9.17, 15) is 0 Å². The fourth-order valence-corrected chi connectivity index (χ4v) is 2.34. The molecule has 0 radical (unpaired) electrons. The zero-order valence-corrected chi connectivity index (χ0v) is 12.2. The molecule has 0 amide bonds. The van der Waals surface area contributed by atoms with Gasteiger partial charge in [0.15, 0.2) is 0 Å². The van der Waals surface area contributed by atoms with Crippen LogP contribution < -0.4 is 0 Å². The number of hydrogen-bond donors (Lipinski definition) is 0. The van der Waals surface area contributed by atoms with Crippen molar-refractivity contribution in [2.24, 2.45) is 7.05 Å². The molecule has 0 bridgehead atoms. The molecule has 1 aromatic heterocycles. The summed E-state index contributed by atoms with van der Waals surface area (Å²) < 4.78 is 3.37. The standard InChI is InChI=1S/C13H15IN2/c1-8(2)9(3)13-15-12-10(14)6-5-7-11(12)16(13)4/h5-7H,1-4H3. The van der Waals surface area contributed by atoms with Gasteiger partial charge in [0.05, 0.1) is 5.52 Å². The van der Waals surface area contributed by atoms with Crippen LogP contribution in [-0.2, 0) is 7.05 Å². The number of aryl methyl sites for hydroxylation is 1. The average Bonchev–Trinajstić information content (AvgIpc) is 2.57. The van der Waals surface area contributed by atoms with Gasteiger partial charge in [-0.1, -0.05) is 11.6 Å². The highest BCUT2D eigenvalue weighted by Gasteiger charge is 2.11. The summed E-state index contributed by atoms with van der Waals surface area (Å²) in [4.78, 5) is 4.73. The van der Waals surface area contributed by atoms with Crippen molar-refractivity contribution in [2.45, 2.75) is 20.8 Å². The molecule has 1 heterocycles. The van der Waals surface area contributed by atoms with Gasteiger partial charge in [-0.15, -0.1) is 0 Å². The van der Waals surface area contributed by atoms with E-state index in [1.165, 1.54) is 20.2 Å². The van der Waals surface area contributed by atoms with Crippen LogP contribution in [-0.4, -0.2) is 9.55 Å². The molecule has 1 aromatic carbocycles. The molecule has 0 aliphatic heterocycles. The summed E-state index contributed by atoms with van der Waals surface area (Å²) in [5.74, 6) is 1.07. The van der Waals surface area contributed by atoms with Crippen molar-refractivity contribution >= 4 is 39.2 Å². The first-order valence-corrected chi connectivity index (χ1v) is 6.35. The molecule has 0 saturated carbocycles. The van der Waals surface area contributed by atoms with Crippen LogP contribution in [0.15, 0.2) is 23.8 Å². The minimum atomic E-state index is 1.07. The SMILES string of the molecule is CC(C)=C(C)c1nc2c(I)cccc2n1C. The number of hydrogen-bond acceptors (Lipinski definition) is 1. The second-order valence-corrected chi connectivity index (χ2v) is 5.39. The highest BCUT2D eigenvalue weighted by molar-refractivity contribution is 14.1. The Kier molecular flexibility index (Phi) is 3.06. The molecule has 0 atom stereocenters. The van der Waals surface area contributed by atoms with E-state index in [0.717, 1.165) is 11.3 Å². The van der Waals surface area contributed by atoms with Crippen LogP contribution in [0.25, 0.3) is 16.6 Å². The van der Waals surface area contributed by atoms with E-state index in [-0.39, 0.29) is 0 Å². The summed E-state index contributed by atoms with van der Waals surface area (Å²) in [6, 6.07) is 6.29. The predicted molar refractivity (Wildman–Crippen MR) is 77.4 cm³/mol. The van der Waals surface area contributed by atoms with Crippen LogP contribution in [0.4, 0.5) is 0 Å². The third-order valence-corrected chi connectivity index (χ3v) is 3.82. The summed E-state index contributed by atoms with van der Waals surface area (Å²) in [5.41, 5.74) is 4.87. The fraction of sp³-hybridized carbons (Fsp3) is 0.308. The van der Waals surface area contributed by atoms with Crippen molar-refractivity contribution in [3.05, 3.63) is 33.2 Å². The average molecular weight is 326 g/mol. The van der Waals surface area contributed by atoms with Crippen molar-refractivity contribution in [1.29, 1.82) is 0 Å². The summed E-state index contributed by atoms with van der Waals surface area (Å²) in [7, 11) is 2.08. The first kappa shape index (κ1) is 11.6. The normalized spacial score (nSPS) is 10.8. The molecule has 0 aliphatic carbocycles. The van der Waals surface area contributed by atoms with Crippen LogP contribution >= 0.6 is 22.6 Å². The number of imidazole rings is 1. The van der Waals surface area contributed by atoms with Crippen molar-refractivity contribution in [3.8, 4) is 0 Å². The molecule has 2 rings (SSSR count). The minimum Gasteiger partial charge on any atom is -0.327 e. The van der Waals surface area contributed by atoms with Gasteiger partial charge in [-0.2, -0.15) is 0 Å². The monoisotopic (exact) mass is 326 g/mol. The van der Waals surface area contributed by atoms with E-state index in [1.807, 2.05) is 0 Å². The van der Waals surface area contributed by atoms with Crippen LogP contribution in [0, 0.1) is 3.57 Å². The third kappa shape index (κ3) is 1.77. The topological polar surface area (TPSA) is 17.8 Å². The second kappa shape index (κ2) is 4.20. The van der Waals surface area contributed by atoms with Crippen LogP contribution in [0.2, 0.25) is 0 Å². The number of halogens is 1. The Morgan fingerprint density at radius 3 is 2.50 bits per heavy atom. The largest absolute Gasteiger partial charge is 0.327 e. The van der Waals surface area contributed by atoms with E-state index >= 15 is 0 Å². The number of allylic oxidation sites excluding steroid dienone is 2. The van der Waals surface area contributed by atoms with E-state index < -0.39 is 0 Å². The lowest BCUT2D eigenvalue weighted by Gasteiger charge is -2.04. The van der Waals surface area contributed by atoms with Gasteiger partial charge in [-0.05, 0) is 61.1 Å². The van der Waals surface area contributed by atoms with Gasteiger partial charge in [0.1, 0.15) is 11.3 Å². The molecular formula is C13H15IN2. The number of rotatable bonds is 1. The zero-order valence-electron chi connectivity index (χ0n) is 10.0. The quantitative estimate of drug-likeness (QED) is 0.725. The summed E-state index contributed by atoms with van der Waals surface area (Å²) in [5, 5.41) is 0. The summed E-state index contributed by atoms with van der Waals surface area (Å²) in [6.45, 7) is 6.38. The fourth-order valence-electron chi connectivity index (χ4n) is 1.74. The Morgan fingerprint density at radius 1 is 1.25 bits per heavy atom. The molecular weight excluding hydrogens is 311 g/mol. The number of benzene rings is 1. The molecule has 3 heteroatoms. The number of nitrogens with zero attached hydrogens (tertiary/aromatic N) is 2. The molecule has 0 unspecified atom stereocenters. The predicted octanol–water partition coefficient (Wildman–Crippen LogP) is 3.99. The van der Waals surface area contributed by atoms with Gasteiger partial charge in [-0.3, -0.25) is 0 Å². The van der Waals surface area contributed by atoms with E-state index in [4.69, 9.17) is 4.98 Å². The highest BCUT2D eigenvalue weighted by Crippen LogP contribution is 2.25. The lowest BCUT2D eigenvalue weighted by Crippen LogP contribution is -1.96. The number of fused-ring (bicyclic) bond motifs is 1. The van der Waals surface area contributed by atoms with Gasteiger partial charge in [-0.25, -0.2) is 4.98 Å². The van der Waals surface area contributed by atoms with Gasteiger partial charge in [0.25, 0.3) is 0 Å². The first-order chi connectivity index (χ1) is 7.52. The minimum absolute atomic E-state index is 1.07. The van der Waals surface area contributed by atoms with Gasteiger partial charge in [0, 0.05) is 10.6 Å². The van der Waals surface area contributed by atoms with Crippen molar-refractivity contribution < 1.29 is 0 Å². The summed E-state index contributed by atoms with van der Waals surface area (Å²) >= 11 is 2.34. The van der Waals surface area contributed by atoms with Crippen molar-refractivity contribution in [1.82, 2.24) is 9.55 Å². The lowest BCUT2D eigenvalue weighted by atomic mass is 10.2. The highest BCUT2D eigenvalue weighted by atomic mass is 127. The number of aromatic nitrogens is 2.